The van der Waals surface area contributed by atoms with Crippen LogP contribution >= 0.6 is 0 Å². The molecule has 6 rings (SSSR count). The maximum atomic E-state index is 10.5. The Kier molecular flexibility index (Phi) is 8.44. The van der Waals surface area contributed by atoms with Gasteiger partial charge in [-0.05, 0) is 62.1 Å². The lowest BCUT2D eigenvalue weighted by molar-refractivity contribution is -0.0893. The van der Waals surface area contributed by atoms with Crippen LogP contribution in [-0.4, -0.2) is 38.7 Å². The topological polar surface area (TPSA) is 68.1 Å². The molecule has 0 radical (unpaired) electrons. The zero-order chi connectivity index (χ0) is 31.4. The lowest BCUT2D eigenvalue weighted by Crippen LogP contribution is -2.49. The smallest absolute Gasteiger partial charge is 0.309 e. The molecular weight excluding hydrogens is 553 g/mol. The number of aliphatic hydroxyl groups is 1. The highest BCUT2D eigenvalue weighted by atomic mass is 16.5. The second-order valence-corrected chi connectivity index (χ2v) is 12.3. The summed E-state index contributed by atoms with van der Waals surface area (Å²) in [6.45, 7) is 7.32. The number of hydrogen-bond acceptors (Lipinski definition) is 5. The molecule has 0 fully saturated rings. The molecule has 222 valence electrons. The Morgan fingerprint density at radius 1 is 0.467 bits per heavy atom. The molecular formula is C39H36BN3O2. The molecule has 1 N–H and O–H groups in total. The van der Waals surface area contributed by atoms with E-state index in [1.165, 1.54) is 0 Å². The van der Waals surface area contributed by atoms with Crippen molar-refractivity contribution >= 4 is 12.9 Å². The molecule has 0 aliphatic rings. The van der Waals surface area contributed by atoms with E-state index >= 15 is 0 Å². The summed E-state index contributed by atoms with van der Waals surface area (Å²) in [6.07, 6.45) is 0. The molecule has 5 nitrogen and oxygen atoms in total. The zero-order valence-electron chi connectivity index (χ0n) is 26.1. The monoisotopic (exact) mass is 589 g/mol. The van der Waals surface area contributed by atoms with Gasteiger partial charge in [0.25, 0.3) is 0 Å². The number of hydrogen-bond donors (Lipinski definition) is 1. The molecule has 6 heteroatoms. The van der Waals surface area contributed by atoms with Crippen molar-refractivity contribution in [1.29, 1.82) is 0 Å². The summed E-state index contributed by atoms with van der Waals surface area (Å²) in [5.41, 5.74) is 6.50. The van der Waals surface area contributed by atoms with Crippen LogP contribution in [0, 0.1) is 0 Å². The summed E-state index contributed by atoms with van der Waals surface area (Å²) in [5.74, 6) is 1.81. The van der Waals surface area contributed by atoms with Gasteiger partial charge < -0.3 is 9.76 Å². The molecule has 0 bridgehead atoms. The van der Waals surface area contributed by atoms with Gasteiger partial charge in [-0.1, -0.05) is 127 Å². The van der Waals surface area contributed by atoms with Gasteiger partial charge in [-0.15, -0.1) is 0 Å². The Labute approximate surface area is 265 Å². The second-order valence-electron chi connectivity index (χ2n) is 12.3. The molecule has 1 heterocycles. The van der Waals surface area contributed by atoms with Crippen LogP contribution in [-0.2, 0) is 4.65 Å². The Balaban J connectivity index is 1.40. The van der Waals surface area contributed by atoms with E-state index in [-0.39, 0.29) is 0 Å². The van der Waals surface area contributed by atoms with Crippen LogP contribution in [0.1, 0.15) is 27.7 Å². The van der Waals surface area contributed by atoms with Crippen LogP contribution < -0.4 is 5.46 Å². The van der Waals surface area contributed by atoms with Crippen molar-refractivity contribution in [2.45, 2.75) is 38.9 Å². The first-order chi connectivity index (χ1) is 21.7. The molecule has 5 aromatic carbocycles. The molecule has 0 unspecified atom stereocenters. The first kappa shape index (κ1) is 30.1. The SMILES string of the molecule is CC(C)(O)C(C)(C)OBc1ccc(-c2nc(-c3cccc(-c4ccccc4)c3)nc(-c3cccc(-c4ccccc4)c3)n2)cc1. The minimum Gasteiger partial charge on any atom is -0.427 e. The van der Waals surface area contributed by atoms with E-state index in [4.69, 9.17) is 19.6 Å². The van der Waals surface area contributed by atoms with Gasteiger partial charge in [-0.25, -0.2) is 15.0 Å². The molecule has 6 aromatic rings. The maximum absolute atomic E-state index is 10.5. The fourth-order valence-corrected chi connectivity index (χ4v) is 4.89. The summed E-state index contributed by atoms with van der Waals surface area (Å²) < 4.78 is 6.08. The summed E-state index contributed by atoms with van der Waals surface area (Å²) in [6, 6.07) is 45.3. The van der Waals surface area contributed by atoms with Gasteiger partial charge in [-0.3, -0.25) is 0 Å². The zero-order valence-corrected chi connectivity index (χ0v) is 26.1. The molecule has 45 heavy (non-hydrogen) atoms. The van der Waals surface area contributed by atoms with Crippen molar-refractivity contribution in [2.24, 2.45) is 0 Å². The summed E-state index contributed by atoms with van der Waals surface area (Å²) in [7, 11) is 0.379. The molecule has 0 spiro atoms. The Bertz CT molecular complexity index is 1800. The molecule has 0 amide bonds. The fourth-order valence-electron chi connectivity index (χ4n) is 4.89. The predicted molar refractivity (Wildman–Crippen MR) is 185 cm³/mol. The third kappa shape index (κ3) is 6.93. The number of nitrogens with zero attached hydrogens (tertiary/aromatic N) is 3. The molecule has 0 saturated heterocycles. The standard InChI is InChI=1S/C39H36BN3O2/c1-38(2,44)39(3,4)45-40-34-23-21-29(22-24-34)35-41-36(32-19-11-17-30(25-32)27-13-7-5-8-14-27)43-37(42-35)33-20-12-18-31(26-33)28-15-9-6-10-16-28/h5-26,40,44H,1-4H3. The molecule has 0 atom stereocenters. The fraction of sp³-hybridized carbons (Fsp3) is 0.154. The van der Waals surface area contributed by atoms with Gasteiger partial charge >= 0.3 is 7.48 Å². The highest BCUT2D eigenvalue weighted by Crippen LogP contribution is 2.30. The van der Waals surface area contributed by atoms with Crippen molar-refractivity contribution in [3.63, 3.8) is 0 Å². The quantitative estimate of drug-likeness (QED) is 0.175. The highest BCUT2D eigenvalue weighted by molar-refractivity contribution is 6.47. The first-order valence-electron chi connectivity index (χ1n) is 15.2. The van der Waals surface area contributed by atoms with Crippen LogP contribution in [0.15, 0.2) is 133 Å². The Morgan fingerprint density at radius 2 is 0.867 bits per heavy atom. The maximum Gasteiger partial charge on any atom is 0.309 e. The van der Waals surface area contributed by atoms with Crippen molar-refractivity contribution in [3.8, 4) is 56.4 Å². The van der Waals surface area contributed by atoms with E-state index in [0.29, 0.717) is 25.0 Å². The average Bonchev–Trinajstić information content (AvgIpc) is 3.08. The van der Waals surface area contributed by atoms with Crippen LogP contribution in [0.3, 0.4) is 0 Å². The van der Waals surface area contributed by atoms with E-state index in [2.05, 4.69) is 48.5 Å². The van der Waals surface area contributed by atoms with Crippen molar-refractivity contribution in [1.82, 2.24) is 15.0 Å². The normalized spacial score (nSPS) is 11.8. The molecule has 0 aliphatic heterocycles. The average molecular weight is 590 g/mol. The van der Waals surface area contributed by atoms with Crippen LogP contribution in [0.2, 0.25) is 0 Å². The third-order valence-electron chi connectivity index (χ3n) is 8.38. The van der Waals surface area contributed by atoms with Gasteiger partial charge in [-0.2, -0.15) is 0 Å². The largest absolute Gasteiger partial charge is 0.427 e. The third-order valence-corrected chi connectivity index (χ3v) is 8.38. The predicted octanol–water partition coefficient (Wildman–Crippen LogP) is 7.75. The minimum absolute atomic E-state index is 0.379. The number of rotatable bonds is 9. The van der Waals surface area contributed by atoms with E-state index in [1.807, 2.05) is 98.8 Å². The second kappa shape index (κ2) is 12.6. The van der Waals surface area contributed by atoms with Crippen molar-refractivity contribution in [3.05, 3.63) is 133 Å². The molecule has 0 saturated carbocycles. The highest BCUT2D eigenvalue weighted by Gasteiger charge is 2.35. The number of benzene rings is 5. The molecule has 0 aliphatic carbocycles. The summed E-state index contributed by atoms with van der Waals surface area (Å²) in [5, 5.41) is 10.5. The van der Waals surface area contributed by atoms with Gasteiger partial charge in [0.15, 0.2) is 17.5 Å². The minimum atomic E-state index is -0.972. The molecule has 1 aromatic heterocycles. The van der Waals surface area contributed by atoms with Crippen molar-refractivity contribution < 1.29 is 9.76 Å². The van der Waals surface area contributed by atoms with Gasteiger partial charge in [0, 0.05) is 16.7 Å². The van der Waals surface area contributed by atoms with Gasteiger partial charge in [0.2, 0.25) is 0 Å². The van der Waals surface area contributed by atoms with Gasteiger partial charge in [0.1, 0.15) is 0 Å². The van der Waals surface area contributed by atoms with Crippen LogP contribution in [0.5, 0.6) is 0 Å². The first-order valence-corrected chi connectivity index (χ1v) is 15.2. The van der Waals surface area contributed by atoms with E-state index < -0.39 is 11.2 Å². The van der Waals surface area contributed by atoms with Crippen LogP contribution in [0.4, 0.5) is 0 Å². The Morgan fingerprint density at radius 3 is 1.31 bits per heavy atom. The van der Waals surface area contributed by atoms with Crippen molar-refractivity contribution in [2.75, 3.05) is 0 Å². The van der Waals surface area contributed by atoms with E-state index in [9.17, 15) is 5.11 Å². The van der Waals surface area contributed by atoms with E-state index in [1.54, 1.807) is 13.8 Å². The van der Waals surface area contributed by atoms with Gasteiger partial charge in [0.05, 0.1) is 11.2 Å². The van der Waals surface area contributed by atoms with E-state index in [0.717, 1.165) is 44.4 Å². The summed E-state index contributed by atoms with van der Waals surface area (Å²) in [4.78, 5) is 15.0. The Hall–Kier alpha value is -4.91. The van der Waals surface area contributed by atoms with Crippen LogP contribution in [0.25, 0.3) is 56.4 Å². The summed E-state index contributed by atoms with van der Waals surface area (Å²) >= 11 is 0. The lowest BCUT2D eigenvalue weighted by Gasteiger charge is -2.37. The lowest BCUT2D eigenvalue weighted by atomic mass is 9.82. The number of aromatic nitrogens is 3.